The van der Waals surface area contributed by atoms with Crippen molar-refractivity contribution in [2.75, 3.05) is 33.2 Å². The summed E-state index contributed by atoms with van der Waals surface area (Å²) in [6.07, 6.45) is 2.52. The third kappa shape index (κ3) is 2.76. The molecule has 0 unspecified atom stereocenters. The molecule has 1 N–H and O–H groups in total. The molecule has 112 valence electrons. The van der Waals surface area contributed by atoms with E-state index in [4.69, 9.17) is 4.42 Å². The van der Waals surface area contributed by atoms with Gasteiger partial charge in [0.1, 0.15) is 5.76 Å². The van der Waals surface area contributed by atoms with Gasteiger partial charge < -0.3 is 9.73 Å². The maximum absolute atomic E-state index is 12.5. The zero-order valence-electron chi connectivity index (χ0n) is 11.7. The minimum absolute atomic E-state index is 0.0580. The number of piperazine rings is 1. The molecule has 1 saturated heterocycles. The van der Waals surface area contributed by atoms with Gasteiger partial charge in [-0.3, -0.25) is 4.90 Å². The van der Waals surface area contributed by atoms with Gasteiger partial charge >= 0.3 is 0 Å². The maximum atomic E-state index is 12.5. The van der Waals surface area contributed by atoms with Crippen LogP contribution in [-0.4, -0.2) is 56.9 Å². The summed E-state index contributed by atoms with van der Waals surface area (Å²) in [5.74, 6) is 0.641. The van der Waals surface area contributed by atoms with Gasteiger partial charge in [0.05, 0.1) is 6.54 Å². The van der Waals surface area contributed by atoms with Gasteiger partial charge in [-0.05, 0) is 32.0 Å². The Kier molecular flexibility index (Phi) is 3.85. The first kappa shape index (κ1) is 14.1. The number of furan rings is 1. The Balaban J connectivity index is 1.67. The first-order chi connectivity index (χ1) is 9.61. The van der Waals surface area contributed by atoms with Crippen LogP contribution < -0.4 is 5.32 Å². The van der Waals surface area contributed by atoms with Crippen LogP contribution in [0.1, 0.15) is 18.6 Å². The van der Waals surface area contributed by atoms with Gasteiger partial charge in [-0.25, -0.2) is 8.42 Å². The van der Waals surface area contributed by atoms with E-state index in [-0.39, 0.29) is 5.09 Å². The number of hydrogen-bond donors (Lipinski definition) is 1. The van der Waals surface area contributed by atoms with Crippen molar-refractivity contribution < 1.29 is 12.8 Å². The fourth-order valence-electron chi connectivity index (χ4n) is 2.64. The van der Waals surface area contributed by atoms with Crippen molar-refractivity contribution in [1.82, 2.24) is 14.5 Å². The Morgan fingerprint density at radius 3 is 2.55 bits per heavy atom. The van der Waals surface area contributed by atoms with E-state index in [1.54, 1.807) is 19.2 Å². The van der Waals surface area contributed by atoms with E-state index < -0.39 is 10.0 Å². The van der Waals surface area contributed by atoms with Crippen LogP contribution in [0.4, 0.5) is 0 Å². The van der Waals surface area contributed by atoms with Crippen molar-refractivity contribution in [2.45, 2.75) is 30.5 Å². The van der Waals surface area contributed by atoms with Gasteiger partial charge in [-0.1, -0.05) is 0 Å². The zero-order chi connectivity index (χ0) is 14.2. The number of hydrogen-bond acceptors (Lipinski definition) is 5. The molecule has 1 saturated carbocycles. The molecule has 0 radical (unpaired) electrons. The molecular formula is C13H21N3O3S. The van der Waals surface area contributed by atoms with Crippen LogP contribution in [0.15, 0.2) is 21.6 Å². The molecule has 1 aromatic heterocycles. The van der Waals surface area contributed by atoms with Gasteiger partial charge in [0, 0.05) is 32.2 Å². The molecule has 2 fully saturated rings. The Morgan fingerprint density at radius 2 is 1.95 bits per heavy atom. The third-order valence-electron chi connectivity index (χ3n) is 3.92. The van der Waals surface area contributed by atoms with Crippen molar-refractivity contribution in [3.8, 4) is 0 Å². The lowest BCUT2D eigenvalue weighted by molar-refractivity contribution is 0.179. The number of nitrogens with zero attached hydrogens (tertiary/aromatic N) is 2. The van der Waals surface area contributed by atoms with Crippen LogP contribution in [0, 0.1) is 0 Å². The maximum Gasteiger partial charge on any atom is 0.276 e. The molecule has 1 aliphatic heterocycles. The van der Waals surface area contributed by atoms with E-state index in [9.17, 15) is 8.42 Å². The largest absolute Gasteiger partial charge is 0.447 e. The zero-order valence-corrected chi connectivity index (χ0v) is 12.5. The normalized spacial score (nSPS) is 22.2. The van der Waals surface area contributed by atoms with E-state index in [2.05, 4.69) is 10.2 Å². The van der Waals surface area contributed by atoms with Gasteiger partial charge in [0.15, 0.2) is 0 Å². The highest BCUT2D eigenvalue weighted by Gasteiger charge is 2.35. The second-order valence-corrected chi connectivity index (χ2v) is 7.29. The fourth-order valence-corrected chi connectivity index (χ4v) is 3.99. The summed E-state index contributed by atoms with van der Waals surface area (Å²) in [5.41, 5.74) is 0. The standard InChI is InChI=1S/C13H21N3O3S/c1-14-10-12-4-5-13(19-12)20(17,18)16-8-6-15(7-9-16)11-2-3-11/h4-5,11,14H,2-3,6-10H2,1H3. The van der Waals surface area contributed by atoms with Crippen molar-refractivity contribution in [3.05, 3.63) is 17.9 Å². The fraction of sp³-hybridized carbons (Fsp3) is 0.692. The summed E-state index contributed by atoms with van der Waals surface area (Å²) in [5, 5.41) is 3.00. The van der Waals surface area contributed by atoms with Crippen LogP contribution in [0.2, 0.25) is 0 Å². The van der Waals surface area contributed by atoms with E-state index >= 15 is 0 Å². The molecule has 7 heteroatoms. The molecule has 0 amide bonds. The number of nitrogens with one attached hydrogen (secondary N) is 1. The summed E-state index contributed by atoms with van der Waals surface area (Å²) in [7, 11) is -1.68. The number of rotatable bonds is 5. The van der Waals surface area contributed by atoms with Crippen LogP contribution in [0.5, 0.6) is 0 Å². The van der Waals surface area contributed by atoms with Crippen LogP contribution in [0.3, 0.4) is 0 Å². The Bertz CT molecular complexity index is 557. The van der Waals surface area contributed by atoms with Gasteiger partial charge in [-0.15, -0.1) is 0 Å². The minimum Gasteiger partial charge on any atom is -0.447 e. The topological polar surface area (TPSA) is 65.8 Å². The van der Waals surface area contributed by atoms with E-state index in [1.807, 2.05) is 0 Å². The van der Waals surface area contributed by atoms with Crippen molar-refractivity contribution >= 4 is 10.0 Å². The van der Waals surface area contributed by atoms with Crippen molar-refractivity contribution in [3.63, 3.8) is 0 Å². The molecule has 0 atom stereocenters. The second-order valence-electron chi connectivity index (χ2n) is 5.42. The predicted octanol–water partition coefficient (Wildman–Crippen LogP) is 0.468. The first-order valence-electron chi connectivity index (χ1n) is 7.09. The minimum atomic E-state index is -3.48. The van der Waals surface area contributed by atoms with Crippen LogP contribution >= 0.6 is 0 Å². The highest BCUT2D eigenvalue weighted by Crippen LogP contribution is 2.28. The van der Waals surface area contributed by atoms with Crippen LogP contribution in [0.25, 0.3) is 0 Å². The van der Waals surface area contributed by atoms with E-state index in [0.29, 0.717) is 31.4 Å². The van der Waals surface area contributed by atoms with Gasteiger partial charge in [0.25, 0.3) is 10.0 Å². The monoisotopic (exact) mass is 299 g/mol. The molecule has 0 aromatic carbocycles. The molecule has 3 rings (SSSR count). The lowest BCUT2D eigenvalue weighted by Gasteiger charge is -2.33. The summed E-state index contributed by atoms with van der Waals surface area (Å²) >= 11 is 0. The molecule has 2 heterocycles. The molecule has 0 spiro atoms. The molecule has 20 heavy (non-hydrogen) atoms. The summed E-state index contributed by atoms with van der Waals surface area (Å²) < 4.78 is 31.9. The average molecular weight is 299 g/mol. The smallest absolute Gasteiger partial charge is 0.276 e. The van der Waals surface area contributed by atoms with Crippen molar-refractivity contribution in [2.24, 2.45) is 0 Å². The molecule has 6 nitrogen and oxygen atoms in total. The Labute approximate surface area is 119 Å². The highest BCUT2D eigenvalue weighted by atomic mass is 32.2. The molecular weight excluding hydrogens is 278 g/mol. The van der Waals surface area contributed by atoms with E-state index in [0.717, 1.165) is 13.1 Å². The second kappa shape index (κ2) is 5.48. The summed E-state index contributed by atoms with van der Waals surface area (Å²) in [6, 6.07) is 3.96. The van der Waals surface area contributed by atoms with E-state index in [1.165, 1.54) is 17.1 Å². The van der Waals surface area contributed by atoms with Gasteiger partial charge in [0.2, 0.25) is 5.09 Å². The number of sulfonamides is 1. The SMILES string of the molecule is CNCc1ccc(S(=O)(=O)N2CCN(C3CC3)CC2)o1. The molecule has 1 aromatic rings. The van der Waals surface area contributed by atoms with Crippen molar-refractivity contribution in [1.29, 1.82) is 0 Å². The van der Waals surface area contributed by atoms with Gasteiger partial charge in [-0.2, -0.15) is 4.31 Å². The summed E-state index contributed by atoms with van der Waals surface area (Å²) in [4.78, 5) is 2.39. The third-order valence-corrected chi connectivity index (χ3v) is 5.69. The lowest BCUT2D eigenvalue weighted by Crippen LogP contribution is -2.49. The Hall–Kier alpha value is -0.890. The quantitative estimate of drug-likeness (QED) is 0.856. The summed E-state index contributed by atoms with van der Waals surface area (Å²) in [6.45, 7) is 3.30. The molecule has 1 aliphatic carbocycles. The Morgan fingerprint density at radius 1 is 1.25 bits per heavy atom. The highest BCUT2D eigenvalue weighted by molar-refractivity contribution is 7.89. The molecule has 2 aliphatic rings. The molecule has 0 bridgehead atoms. The van der Waals surface area contributed by atoms with Crippen LogP contribution in [-0.2, 0) is 16.6 Å². The first-order valence-corrected chi connectivity index (χ1v) is 8.53. The lowest BCUT2D eigenvalue weighted by atomic mass is 10.3. The predicted molar refractivity (Wildman–Crippen MR) is 74.8 cm³/mol. The average Bonchev–Trinajstić information content (AvgIpc) is 3.19.